The summed E-state index contributed by atoms with van der Waals surface area (Å²) in [6.07, 6.45) is 85.4. The molecule has 0 bridgehead atoms. The summed E-state index contributed by atoms with van der Waals surface area (Å²) in [7, 11) is 5.95. The average molecular weight is 1130 g/mol. The number of allylic oxidation sites excluding steroid dienone is 22. The van der Waals surface area contributed by atoms with E-state index < -0.39 is 24.3 Å². The zero-order valence-corrected chi connectivity index (χ0v) is 52.4. The Hall–Kier alpha value is -4.57. The van der Waals surface area contributed by atoms with E-state index in [1.54, 1.807) is 0 Å². The van der Waals surface area contributed by atoms with Crippen molar-refractivity contribution in [2.45, 2.75) is 257 Å². The number of carbonyl (C=O) groups excluding carboxylic acids is 2. The van der Waals surface area contributed by atoms with Crippen LogP contribution in [0.5, 0.6) is 0 Å². The molecule has 2 unspecified atom stereocenters. The summed E-state index contributed by atoms with van der Waals surface area (Å²) < 4.78 is 22.9. The number of nitrogens with zero attached hydrogens (tertiary/aromatic N) is 1. The maximum atomic E-state index is 12.9. The molecule has 0 saturated carbocycles. The number of hydrogen-bond donors (Lipinski definition) is 1. The number of hydrogen-bond acceptors (Lipinski definition) is 7. The van der Waals surface area contributed by atoms with Crippen molar-refractivity contribution in [3.63, 3.8) is 0 Å². The number of carboxylic acid groups (broad SMARTS) is 1. The molecule has 0 heterocycles. The second-order valence-corrected chi connectivity index (χ2v) is 22.3. The van der Waals surface area contributed by atoms with Gasteiger partial charge in [-0.15, -0.1) is 0 Å². The van der Waals surface area contributed by atoms with Crippen LogP contribution in [-0.2, 0) is 33.3 Å². The first-order chi connectivity index (χ1) is 39.6. The third-order valence-electron chi connectivity index (χ3n) is 13.4. The third kappa shape index (κ3) is 62.9. The zero-order valence-electron chi connectivity index (χ0n) is 52.4. The number of ether oxygens (including phenoxy) is 4. The predicted molar refractivity (Wildman–Crippen MR) is 345 cm³/mol. The monoisotopic (exact) mass is 1130 g/mol. The van der Waals surface area contributed by atoms with Crippen LogP contribution in [0.3, 0.4) is 0 Å². The second kappa shape index (κ2) is 61.5. The van der Waals surface area contributed by atoms with E-state index in [1.807, 2.05) is 21.1 Å². The number of esters is 2. The van der Waals surface area contributed by atoms with E-state index in [0.29, 0.717) is 17.4 Å². The lowest BCUT2D eigenvalue weighted by atomic mass is 10.0. The van der Waals surface area contributed by atoms with Gasteiger partial charge in [0.05, 0.1) is 34.4 Å². The molecular formula is C72H120NO8+. The third-order valence-corrected chi connectivity index (χ3v) is 13.4. The lowest BCUT2D eigenvalue weighted by molar-refractivity contribution is -0.870. The highest BCUT2D eigenvalue weighted by atomic mass is 16.7. The number of rotatable bonds is 58. The Morgan fingerprint density at radius 1 is 0.383 bits per heavy atom. The summed E-state index contributed by atoms with van der Waals surface area (Å²) in [6, 6.07) is 0. The van der Waals surface area contributed by atoms with Gasteiger partial charge in [0, 0.05) is 12.8 Å². The Morgan fingerprint density at radius 2 is 0.704 bits per heavy atom. The first kappa shape index (κ1) is 76.4. The Balaban J connectivity index is 4.30. The van der Waals surface area contributed by atoms with E-state index in [9.17, 15) is 19.5 Å². The highest BCUT2D eigenvalue weighted by Gasteiger charge is 2.25. The molecule has 9 heteroatoms. The van der Waals surface area contributed by atoms with Gasteiger partial charge in [-0.1, -0.05) is 250 Å². The highest BCUT2D eigenvalue weighted by Crippen LogP contribution is 2.15. The van der Waals surface area contributed by atoms with Gasteiger partial charge in [-0.25, -0.2) is 4.79 Å². The first-order valence-electron chi connectivity index (χ1n) is 32.3. The topological polar surface area (TPSA) is 108 Å². The maximum Gasteiger partial charge on any atom is 0.361 e. The summed E-state index contributed by atoms with van der Waals surface area (Å²) in [4.78, 5) is 37.5. The van der Waals surface area contributed by atoms with Crippen molar-refractivity contribution in [3.8, 4) is 0 Å². The van der Waals surface area contributed by atoms with Gasteiger partial charge < -0.3 is 28.5 Å². The average Bonchev–Trinajstić information content (AvgIpc) is 3.44. The highest BCUT2D eigenvalue weighted by molar-refractivity contribution is 5.71. The van der Waals surface area contributed by atoms with E-state index in [2.05, 4.69) is 148 Å². The minimum atomic E-state index is -1.53. The fraction of sp³-hybridized carbons (Fsp3) is 0.653. The fourth-order valence-corrected chi connectivity index (χ4v) is 8.45. The summed E-state index contributed by atoms with van der Waals surface area (Å²) in [5.41, 5.74) is 0. The molecule has 0 aliphatic heterocycles. The molecule has 9 nitrogen and oxygen atoms in total. The van der Waals surface area contributed by atoms with Crippen LogP contribution in [0.1, 0.15) is 245 Å². The molecule has 1 N–H and O–H groups in total. The molecule has 0 aliphatic rings. The molecule has 0 saturated heterocycles. The van der Waals surface area contributed by atoms with Gasteiger partial charge in [-0.3, -0.25) is 9.59 Å². The van der Waals surface area contributed by atoms with Crippen molar-refractivity contribution in [3.05, 3.63) is 134 Å². The molecule has 0 rings (SSSR count). The molecule has 0 fully saturated rings. The van der Waals surface area contributed by atoms with Crippen LogP contribution < -0.4 is 0 Å². The van der Waals surface area contributed by atoms with Crippen LogP contribution in [0.15, 0.2) is 134 Å². The number of unbranched alkanes of at least 4 members (excludes halogenated alkanes) is 21. The lowest BCUT2D eigenvalue weighted by Crippen LogP contribution is -2.40. The van der Waals surface area contributed by atoms with Crippen molar-refractivity contribution in [2.75, 3.05) is 47.5 Å². The van der Waals surface area contributed by atoms with Crippen LogP contribution in [0.25, 0.3) is 0 Å². The number of likely N-dealkylation sites (N-methyl/N-ethyl adjacent to an activating group) is 1. The van der Waals surface area contributed by atoms with Gasteiger partial charge >= 0.3 is 17.9 Å². The summed E-state index contributed by atoms with van der Waals surface area (Å²) in [5, 5.41) is 9.73. The molecule has 0 aromatic carbocycles. The first-order valence-corrected chi connectivity index (χ1v) is 32.3. The SMILES string of the molecule is CC/C=C\C/C=C\C/C=C\C/C=C\C/C=C\C/C=C\C/C=C\C/C=C\C/C=C\CCCCCC(=O)OC(COC(=O)CCCCCCCCCCCCCCC/C=C\C/C=C\CCCCCCC)COC(OCC[N+](C)(C)C)C(=O)O. The largest absolute Gasteiger partial charge is 0.477 e. The van der Waals surface area contributed by atoms with Crippen LogP contribution in [0.4, 0.5) is 0 Å². The van der Waals surface area contributed by atoms with E-state index in [0.717, 1.165) is 103 Å². The summed E-state index contributed by atoms with van der Waals surface area (Å²) in [5.74, 6) is -2.06. The Labute approximate surface area is 497 Å². The number of carbonyl (C=O) groups is 3. The molecule has 0 radical (unpaired) electrons. The zero-order chi connectivity index (χ0) is 59.1. The number of aliphatic carboxylic acids is 1. The quantitative estimate of drug-likeness (QED) is 0.0211. The Kier molecular flexibility index (Phi) is 58.0. The number of carboxylic acids is 1. The molecule has 2 atom stereocenters. The van der Waals surface area contributed by atoms with Crippen LogP contribution in [0.2, 0.25) is 0 Å². The molecule has 81 heavy (non-hydrogen) atoms. The summed E-state index contributed by atoms with van der Waals surface area (Å²) >= 11 is 0. The van der Waals surface area contributed by atoms with Crippen molar-refractivity contribution in [1.29, 1.82) is 0 Å². The van der Waals surface area contributed by atoms with Crippen molar-refractivity contribution < 1.29 is 42.9 Å². The Morgan fingerprint density at radius 3 is 1.06 bits per heavy atom. The number of quaternary nitrogens is 1. The van der Waals surface area contributed by atoms with Crippen LogP contribution >= 0.6 is 0 Å². The molecule has 0 aromatic heterocycles. The van der Waals surface area contributed by atoms with Gasteiger partial charge in [0.1, 0.15) is 13.2 Å². The van der Waals surface area contributed by atoms with Crippen molar-refractivity contribution >= 4 is 17.9 Å². The minimum Gasteiger partial charge on any atom is -0.477 e. The predicted octanol–water partition coefficient (Wildman–Crippen LogP) is 19.8. The normalized spacial score (nSPS) is 13.6. The van der Waals surface area contributed by atoms with Gasteiger partial charge in [0.15, 0.2) is 6.10 Å². The maximum absolute atomic E-state index is 12.9. The molecule has 0 amide bonds. The van der Waals surface area contributed by atoms with Crippen LogP contribution in [-0.4, -0.2) is 87.4 Å². The van der Waals surface area contributed by atoms with Gasteiger partial charge in [-0.2, -0.15) is 0 Å². The van der Waals surface area contributed by atoms with E-state index in [-0.39, 0.29) is 38.6 Å². The minimum absolute atomic E-state index is 0.174. The smallest absolute Gasteiger partial charge is 0.361 e. The molecule has 460 valence electrons. The Bertz CT molecular complexity index is 1790. The van der Waals surface area contributed by atoms with E-state index >= 15 is 0 Å². The van der Waals surface area contributed by atoms with Crippen molar-refractivity contribution in [1.82, 2.24) is 0 Å². The summed E-state index contributed by atoms with van der Waals surface area (Å²) in [6.45, 7) is 4.71. The van der Waals surface area contributed by atoms with Crippen molar-refractivity contribution in [2.24, 2.45) is 0 Å². The van der Waals surface area contributed by atoms with E-state index in [4.69, 9.17) is 18.9 Å². The van der Waals surface area contributed by atoms with Gasteiger partial charge in [-0.05, 0) is 116 Å². The molecule has 0 aromatic rings. The lowest BCUT2D eigenvalue weighted by Gasteiger charge is -2.25. The van der Waals surface area contributed by atoms with Crippen LogP contribution in [0, 0.1) is 0 Å². The van der Waals surface area contributed by atoms with Gasteiger partial charge in [0.25, 0.3) is 6.29 Å². The fourth-order valence-electron chi connectivity index (χ4n) is 8.45. The second-order valence-electron chi connectivity index (χ2n) is 22.3. The van der Waals surface area contributed by atoms with Gasteiger partial charge in [0.2, 0.25) is 0 Å². The molecule has 0 spiro atoms. The standard InChI is InChI=1S/C72H119NO8/c1-6-8-10-12-14-16-18-20-22-24-26-28-30-32-33-34-35-36-37-39-41-43-45-47-49-51-53-55-57-59-61-63-70(75)81-68(67-80-72(71(76)77)78-65-64-73(3,4)5)66-79-69(74)62-60-58-56-54-52-50-48-46-44-42-40-38-31-29-27-25-23-21-19-17-15-13-11-9-7-2/h8,10,14,16,19-22,25-28,32-33,35-36,39,41,45,47,51,53,68,72H,6-7,9,11-13,15,17-18,23-24,29-31,34,37-38,40,42-44,46,48-50,52,54-67H2,1-5H3/p+1/b10-8-,16-14-,21-19-,22-20-,27-25-,28-26-,33-32-,36-35-,41-39-,47-45-,53-51-. The molecule has 0 aliphatic carbocycles. The molecular weight excluding hydrogens is 1010 g/mol. The van der Waals surface area contributed by atoms with E-state index in [1.165, 1.54) is 109 Å².